The number of hydrogen-bond donors (Lipinski definition) is 0. The van der Waals surface area contributed by atoms with Crippen LogP contribution in [0.4, 0.5) is 24.5 Å². The van der Waals surface area contributed by atoms with Crippen molar-refractivity contribution in [3.8, 4) is 6.07 Å². The van der Waals surface area contributed by atoms with E-state index in [0.29, 0.717) is 12.1 Å². The Morgan fingerprint density at radius 2 is 1.59 bits per heavy atom. The molecule has 32 heavy (non-hydrogen) atoms. The highest BCUT2D eigenvalue weighted by molar-refractivity contribution is 5.53. The highest BCUT2D eigenvalue weighted by Crippen LogP contribution is 2.31. The fourth-order valence-corrected chi connectivity index (χ4v) is 3.80. The quantitative estimate of drug-likeness (QED) is 0.646. The van der Waals surface area contributed by atoms with Gasteiger partial charge in [0.15, 0.2) is 0 Å². The first-order valence-electron chi connectivity index (χ1n) is 10.7. The van der Waals surface area contributed by atoms with E-state index in [1.54, 1.807) is 12.1 Å². The Bertz CT molecular complexity index is 926. The highest BCUT2D eigenvalue weighted by Gasteiger charge is 2.30. The number of nitrogens with zero attached hydrogens (tertiary/aromatic N) is 5. The van der Waals surface area contributed by atoms with Crippen LogP contribution in [0.15, 0.2) is 42.5 Å². The second-order valence-corrected chi connectivity index (χ2v) is 8.49. The van der Waals surface area contributed by atoms with E-state index in [2.05, 4.69) is 38.8 Å². The molecule has 3 rings (SSSR count). The zero-order valence-corrected chi connectivity index (χ0v) is 18.9. The maximum Gasteiger partial charge on any atom is 0.416 e. The maximum absolute atomic E-state index is 12.8. The van der Waals surface area contributed by atoms with Gasteiger partial charge in [-0.2, -0.15) is 18.4 Å². The summed E-state index contributed by atoms with van der Waals surface area (Å²) in [5, 5.41) is 9.55. The van der Waals surface area contributed by atoms with Gasteiger partial charge in [-0.1, -0.05) is 0 Å². The molecule has 0 saturated carbocycles. The van der Waals surface area contributed by atoms with Gasteiger partial charge < -0.3 is 14.7 Å². The van der Waals surface area contributed by atoms with Crippen molar-refractivity contribution in [2.75, 3.05) is 70.2 Å². The summed E-state index contributed by atoms with van der Waals surface area (Å²) in [6.07, 6.45) is -4.31. The number of alkyl halides is 3. The SMILES string of the molecule is CN(C)CCN(C)c1ccc(C#N)c(CN2CCN(c3ccc(C(F)(F)F)cc3)CC2)c1. The second kappa shape index (κ2) is 10.2. The molecule has 0 aliphatic carbocycles. The number of piperazine rings is 1. The van der Waals surface area contributed by atoms with E-state index in [1.165, 1.54) is 0 Å². The number of rotatable bonds is 7. The van der Waals surface area contributed by atoms with Crippen LogP contribution in [0.2, 0.25) is 0 Å². The molecule has 0 atom stereocenters. The number of benzene rings is 2. The molecule has 1 heterocycles. The van der Waals surface area contributed by atoms with Gasteiger partial charge in [0.25, 0.3) is 0 Å². The monoisotopic (exact) mass is 445 g/mol. The average Bonchev–Trinajstić information content (AvgIpc) is 2.77. The summed E-state index contributed by atoms with van der Waals surface area (Å²) in [6, 6.07) is 13.6. The van der Waals surface area contributed by atoms with E-state index < -0.39 is 11.7 Å². The average molecular weight is 446 g/mol. The molecule has 8 heteroatoms. The van der Waals surface area contributed by atoms with Crippen LogP contribution in [0, 0.1) is 11.3 Å². The third-order valence-corrected chi connectivity index (χ3v) is 5.86. The summed E-state index contributed by atoms with van der Waals surface area (Å²) in [5.41, 5.74) is 2.95. The van der Waals surface area contributed by atoms with E-state index in [0.717, 1.165) is 68.3 Å². The summed E-state index contributed by atoms with van der Waals surface area (Å²) in [5.74, 6) is 0. The number of halogens is 3. The van der Waals surface area contributed by atoms with Crippen molar-refractivity contribution in [2.45, 2.75) is 12.7 Å². The molecule has 1 aliphatic heterocycles. The Labute approximate surface area is 188 Å². The van der Waals surface area contributed by atoms with E-state index in [9.17, 15) is 18.4 Å². The van der Waals surface area contributed by atoms with Crippen molar-refractivity contribution in [2.24, 2.45) is 0 Å². The molecule has 1 saturated heterocycles. The molecule has 0 unspecified atom stereocenters. The Kier molecular flexibility index (Phi) is 7.64. The smallest absolute Gasteiger partial charge is 0.373 e. The van der Waals surface area contributed by atoms with Crippen molar-refractivity contribution in [1.82, 2.24) is 9.80 Å². The summed E-state index contributed by atoms with van der Waals surface area (Å²) >= 11 is 0. The molecule has 2 aromatic carbocycles. The predicted octanol–water partition coefficient (Wildman–Crippen LogP) is 3.90. The van der Waals surface area contributed by atoms with Gasteiger partial charge in [-0.25, -0.2) is 0 Å². The third kappa shape index (κ3) is 6.15. The van der Waals surface area contributed by atoms with E-state index in [1.807, 2.05) is 26.2 Å². The van der Waals surface area contributed by atoms with Gasteiger partial charge in [0.2, 0.25) is 0 Å². The molecule has 0 radical (unpaired) electrons. The Balaban J connectivity index is 1.61. The van der Waals surface area contributed by atoms with Crippen LogP contribution in [0.3, 0.4) is 0 Å². The van der Waals surface area contributed by atoms with Crippen LogP contribution in [-0.2, 0) is 12.7 Å². The van der Waals surface area contributed by atoms with Gasteiger partial charge in [0.05, 0.1) is 17.2 Å². The van der Waals surface area contributed by atoms with Gasteiger partial charge in [-0.05, 0) is 62.1 Å². The minimum absolute atomic E-state index is 0.626. The first-order chi connectivity index (χ1) is 15.2. The molecule has 172 valence electrons. The first kappa shape index (κ1) is 23.9. The number of hydrogen-bond acceptors (Lipinski definition) is 5. The fourth-order valence-electron chi connectivity index (χ4n) is 3.80. The van der Waals surface area contributed by atoms with Crippen LogP contribution in [0.25, 0.3) is 0 Å². The van der Waals surface area contributed by atoms with E-state index >= 15 is 0 Å². The lowest BCUT2D eigenvalue weighted by molar-refractivity contribution is -0.137. The number of nitriles is 1. The Hall–Kier alpha value is -2.76. The molecular formula is C24H30F3N5. The molecule has 1 aliphatic rings. The highest BCUT2D eigenvalue weighted by atomic mass is 19.4. The van der Waals surface area contributed by atoms with Crippen molar-refractivity contribution in [1.29, 1.82) is 5.26 Å². The molecule has 0 bridgehead atoms. The summed E-state index contributed by atoms with van der Waals surface area (Å²) in [7, 11) is 6.14. The predicted molar refractivity (Wildman–Crippen MR) is 122 cm³/mol. The van der Waals surface area contributed by atoms with Gasteiger partial charge >= 0.3 is 6.18 Å². The van der Waals surface area contributed by atoms with Crippen LogP contribution in [0.5, 0.6) is 0 Å². The zero-order chi connectivity index (χ0) is 23.3. The fraction of sp³-hybridized carbons (Fsp3) is 0.458. The van der Waals surface area contributed by atoms with Crippen molar-refractivity contribution >= 4 is 11.4 Å². The van der Waals surface area contributed by atoms with Crippen LogP contribution in [-0.4, -0.2) is 70.2 Å². The van der Waals surface area contributed by atoms with E-state index in [-0.39, 0.29) is 0 Å². The lowest BCUT2D eigenvalue weighted by Gasteiger charge is -2.36. The molecule has 0 aromatic heterocycles. The van der Waals surface area contributed by atoms with Gasteiger partial charge in [0, 0.05) is 64.2 Å². The van der Waals surface area contributed by atoms with Crippen LogP contribution < -0.4 is 9.80 Å². The first-order valence-corrected chi connectivity index (χ1v) is 10.7. The number of likely N-dealkylation sites (N-methyl/N-ethyl adjacent to an activating group) is 2. The van der Waals surface area contributed by atoms with Crippen molar-refractivity contribution in [3.05, 3.63) is 59.2 Å². The van der Waals surface area contributed by atoms with Crippen LogP contribution >= 0.6 is 0 Å². The molecule has 0 spiro atoms. The zero-order valence-electron chi connectivity index (χ0n) is 18.9. The molecular weight excluding hydrogens is 415 g/mol. The third-order valence-electron chi connectivity index (χ3n) is 5.86. The van der Waals surface area contributed by atoms with Crippen LogP contribution in [0.1, 0.15) is 16.7 Å². The standard InChI is InChI=1S/C24H30F3N5/c1-29(2)10-11-30(3)23-7-4-19(17-28)20(16-23)18-31-12-14-32(15-13-31)22-8-5-21(6-9-22)24(25,26)27/h4-9,16H,10-15,18H2,1-3H3. The lowest BCUT2D eigenvalue weighted by atomic mass is 10.1. The minimum Gasteiger partial charge on any atom is -0.373 e. The summed E-state index contributed by atoms with van der Waals surface area (Å²) < 4.78 is 38.4. The van der Waals surface area contributed by atoms with E-state index in [4.69, 9.17) is 0 Å². The largest absolute Gasteiger partial charge is 0.416 e. The van der Waals surface area contributed by atoms with Gasteiger partial charge in [0.1, 0.15) is 0 Å². The van der Waals surface area contributed by atoms with Gasteiger partial charge in [-0.3, -0.25) is 4.90 Å². The van der Waals surface area contributed by atoms with Crippen molar-refractivity contribution < 1.29 is 13.2 Å². The van der Waals surface area contributed by atoms with Gasteiger partial charge in [-0.15, -0.1) is 0 Å². The summed E-state index contributed by atoms with van der Waals surface area (Å²) in [6.45, 7) is 5.55. The second-order valence-electron chi connectivity index (χ2n) is 8.49. The summed E-state index contributed by atoms with van der Waals surface area (Å²) in [4.78, 5) is 8.72. The normalized spacial score (nSPS) is 15.1. The Morgan fingerprint density at radius 1 is 0.938 bits per heavy atom. The lowest BCUT2D eigenvalue weighted by Crippen LogP contribution is -2.46. The Morgan fingerprint density at radius 3 is 2.16 bits per heavy atom. The molecule has 5 nitrogen and oxygen atoms in total. The maximum atomic E-state index is 12.8. The van der Waals surface area contributed by atoms with Crippen molar-refractivity contribution in [3.63, 3.8) is 0 Å². The number of anilines is 2. The molecule has 1 fully saturated rings. The molecule has 0 N–H and O–H groups in total. The molecule has 2 aromatic rings. The molecule has 0 amide bonds. The topological polar surface area (TPSA) is 36.8 Å². The minimum atomic E-state index is -4.31.